The van der Waals surface area contributed by atoms with E-state index >= 15 is 0 Å². The van der Waals surface area contributed by atoms with Gasteiger partial charge >= 0.3 is 6.03 Å². The fourth-order valence-corrected chi connectivity index (χ4v) is 1.19. The van der Waals surface area contributed by atoms with Crippen molar-refractivity contribution < 1.29 is 9.59 Å². The van der Waals surface area contributed by atoms with Crippen molar-refractivity contribution in [2.45, 2.75) is 17.8 Å². The molecule has 1 atom stereocenters. The third-order valence-electron chi connectivity index (χ3n) is 1.68. The predicted molar refractivity (Wildman–Crippen MR) is 45.2 cm³/mol. The Morgan fingerprint density at radius 3 is 2.42 bits per heavy atom. The summed E-state index contributed by atoms with van der Waals surface area (Å²) in [5, 5.41) is 2.13. The summed E-state index contributed by atoms with van der Waals surface area (Å²) >= 11 is 11.1. The topological polar surface area (TPSA) is 49.4 Å². The third-order valence-corrected chi connectivity index (χ3v) is 2.41. The van der Waals surface area contributed by atoms with Gasteiger partial charge in [-0.1, -0.05) is 0 Å². The van der Waals surface area contributed by atoms with Gasteiger partial charge in [0.25, 0.3) is 0 Å². The summed E-state index contributed by atoms with van der Waals surface area (Å²) in [6.07, 6.45) is 0. The fourth-order valence-electron chi connectivity index (χ4n) is 0.922. The number of urea groups is 1. The van der Waals surface area contributed by atoms with Crippen LogP contribution in [0.4, 0.5) is 4.79 Å². The summed E-state index contributed by atoms with van der Waals surface area (Å²) in [6.45, 7) is 1.72. The van der Waals surface area contributed by atoms with E-state index in [-0.39, 0.29) is 18.5 Å². The lowest BCUT2D eigenvalue weighted by molar-refractivity contribution is -0.118. The monoisotopic (exact) mass is 210 g/mol. The number of alkyl halides is 2. The van der Waals surface area contributed by atoms with Crippen molar-refractivity contribution in [1.82, 2.24) is 10.2 Å². The molecule has 4 nitrogen and oxygen atoms in total. The van der Waals surface area contributed by atoms with E-state index in [0.717, 1.165) is 0 Å². The van der Waals surface area contributed by atoms with Crippen LogP contribution in [0.3, 0.4) is 0 Å². The highest BCUT2D eigenvalue weighted by Crippen LogP contribution is 2.15. The van der Waals surface area contributed by atoms with Crippen molar-refractivity contribution in [3.8, 4) is 0 Å². The number of carbonyl (C=O) groups excluding carboxylic acids is 2. The maximum absolute atomic E-state index is 11.0. The Morgan fingerprint density at radius 2 is 2.08 bits per heavy atom. The first-order valence-electron chi connectivity index (χ1n) is 3.41. The zero-order chi connectivity index (χ0) is 9.30. The molecule has 12 heavy (non-hydrogen) atoms. The van der Waals surface area contributed by atoms with Gasteiger partial charge < -0.3 is 4.90 Å². The van der Waals surface area contributed by atoms with Gasteiger partial charge in [0.2, 0.25) is 5.91 Å². The molecular formula is C6H8Cl2N2O2. The van der Waals surface area contributed by atoms with Crippen LogP contribution in [0.2, 0.25) is 0 Å². The lowest BCUT2D eigenvalue weighted by Gasteiger charge is -2.22. The van der Waals surface area contributed by atoms with Gasteiger partial charge in [-0.05, 0) is 6.92 Å². The average Bonchev–Trinajstić information content (AvgIpc) is 2.28. The molecule has 1 aliphatic rings. The van der Waals surface area contributed by atoms with Crippen molar-refractivity contribution in [1.29, 1.82) is 0 Å². The SMILES string of the molecule is CC(C(Cl)Cl)N1CC(=O)NC1=O. The Bertz CT molecular complexity index is 220. The number of rotatable bonds is 2. The number of amides is 3. The van der Waals surface area contributed by atoms with Crippen LogP contribution in [-0.2, 0) is 4.79 Å². The number of halogens is 2. The minimum absolute atomic E-state index is 0.0376. The van der Waals surface area contributed by atoms with E-state index in [1.54, 1.807) is 6.92 Å². The van der Waals surface area contributed by atoms with Crippen molar-refractivity contribution >= 4 is 35.1 Å². The zero-order valence-electron chi connectivity index (χ0n) is 6.38. The second kappa shape index (κ2) is 3.49. The average molecular weight is 211 g/mol. The molecule has 0 bridgehead atoms. The summed E-state index contributed by atoms with van der Waals surface area (Å²) in [5.41, 5.74) is 0. The Morgan fingerprint density at radius 1 is 1.50 bits per heavy atom. The molecule has 0 radical (unpaired) electrons. The number of hydrogen-bond donors (Lipinski definition) is 1. The lowest BCUT2D eigenvalue weighted by Crippen LogP contribution is -2.39. The van der Waals surface area contributed by atoms with Gasteiger partial charge in [-0.3, -0.25) is 10.1 Å². The van der Waals surface area contributed by atoms with Crippen molar-refractivity contribution in [3.05, 3.63) is 0 Å². The Hall–Kier alpha value is -0.480. The molecule has 1 rings (SSSR count). The van der Waals surface area contributed by atoms with Crippen LogP contribution in [0.15, 0.2) is 0 Å². The second-order valence-corrected chi connectivity index (χ2v) is 3.72. The molecule has 68 valence electrons. The molecule has 0 aromatic rings. The summed E-state index contributed by atoms with van der Waals surface area (Å²) < 4.78 is 0. The molecule has 1 N–H and O–H groups in total. The van der Waals surface area contributed by atoms with Crippen LogP contribution >= 0.6 is 23.2 Å². The first-order chi connectivity index (χ1) is 5.52. The van der Waals surface area contributed by atoms with Crippen LogP contribution in [0.5, 0.6) is 0 Å². The number of hydrogen-bond acceptors (Lipinski definition) is 2. The van der Waals surface area contributed by atoms with E-state index in [1.807, 2.05) is 0 Å². The maximum Gasteiger partial charge on any atom is 0.324 e. The molecule has 1 heterocycles. The highest BCUT2D eigenvalue weighted by atomic mass is 35.5. The zero-order valence-corrected chi connectivity index (χ0v) is 7.89. The van der Waals surface area contributed by atoms with Gasteiger partial charge in [0.1, 0.15) is 11.4 Å². The first kappa shape index (κ1) is 9.61. The normalized spacial score (nSPS) is 20.2. The summed E-state index contributed by atoms with van der Waals surface area (Å²) in [5.74, 6) is -0.319. The molecule has 1 unspecified atom stereocenters. The molecule has 3 amide bonds. The standard InChI is InChI=1S/C6H8Cl2N2O2/c1-3(5(7)8)10-2-4(11)9-6(10)12/h3,5H,2H2,1H3,(H,9,11,12). The number of imide groups is 1. The largest absolute Gasteiger partial charge is 0.324 e. The third kappa shape index (κ3) is 1.81. The van der Waals surface area contributed by atoms with Crippen LogP contribution < -0.4 is 5.32 Å². The highest BCUT2D eigenvalue weighted by Gasteiger charge is 2.32. The molecule has 1 aliphatic heterocycles. The molecule has 6 heteroatoms. The minimum Gasteiger partial charge on any atom is -0.310 e. The van der Waals surface area contributed by atoms with E-state index in [9.17, 15) is 9.59 Å². The van der Waals surface area contributed by atoms with Gasteiger partial charge in [0.15, 0.2) is 0 Å². The minimum atomic E-state index is -0.679. The summed E-state index contributed by atoms with van der Waals surface area (Å²) in [6, 6.07) is -0.779. The summed E-state index contributed by atoms with van der Waals surface area (Å²) in [7, 11) is 0. The highest BCUT2D eigenvalue weighted by molar-refractivity contribution is 6.44. The van der Waals surface area contributed by atoms with Crippen LogP contribution in [0.1, 0.15) is 6.92 Å². The maximum atomic E-state index is 11.0. The molecule has 0 spiro atoms. The molecule has 1 fully saturated rings. The fraction of sp³-hybridized carbons (Fsp3) is 0.667. The van der Waals surface area contributed by atoms with E-state index in [4.69, 9.17) is 23.2 Å². The molecule has 0 aromatic heterocycles. The van der Waals surface area contributed by atoms with Crippen LogP contribution in [0.25, 0.3) is 0 Å². The molecule has 0 saturated carbocycles. The first-order valence-corrected chi connectivity index (χ1v) is 4.28. The lowest BCUT2D eigenvalue weighted by atomic mass is 10.3. The smallest absolute Gasteiger partial charge is 0.310 e. The second-order valence-electron chi connectivity index (χ2n) is 2.56. The van der Waals surface area contributed by atoms with E-state index < -0.39 is 10.9 Å². The predicted octanol–water partition coefficient (Wildman–Crippen LogP) is 0.730. The number of nitrogens with zero attached hydrogens (tertiary/aromatic N) is 1. The quantitative estimate of drug-likeness (QED) is 0.540. The Labute approximate surface area is 79.8 Å². The van der Waals surface area contributed by atoms with Gasteiger partial charge in [-0.15, -0.1) is 23.2 Å². The molecule has 1 saturated heterocycles. The number of carbonyl (C=O) groups is 2. The Kier molecular flexibility index (Phi) is 2.80. The van der Waals surface area contributed by atoms with Gasteiger partial charge in [-0.25, -0.2) is 4.79 Å². The van der Waals surface area contributed by atoms with Gasteiger partial charge in [0, 0.05) is 0 Å². The molecule has 0 aromatic carbocycles. The number of nitrogens with one attached hydrogen (secondary N) is 1. The van der Waals surface area contributed by atoms with Gasteiger partial charge in [0.05, 0.1) is 6.04 Å². The van der Waals surface area contributed by atoms with E-state index in [2.05, 4.69) is 5.32 Å². The van der Waals surface area contributed by atoms with Crippen molar-refractivity contribution in [2.75, 3.05) is 6.54 Å². The summed E-state index contributed by atoms with van der Waals surface area (Å²) in [4.78, 5) is 22.4. The van der Waals surface area contributed by atoms with Crippen LogP contribution in [0, 0.1) is 0 Å². The van der Waals surface area contributed by atoms with Crippen molar-refractivity contribution in [3.63, 3.8) is 0 Å². The van der Waals surface area contributed by atoms with Crippen molar-refractivity contribution in [2.24, 2.45) is 0 Å². The van der Waals surface area contributed by atoms with E-state index in [0.29, 0.717) is 0 Å². The van der Waals surface area contributed by atoms with Gasteiger partial charge in [-0.2, -0.15) is 0 Å². The molecular weight excluding hydrogens is 203 g/mol. The Balaban J connectivity index is 2.64. The van der Waals surface area contributed by atoms with Crippen LogP contribution in [-0.4, -0.2) is 34.3 Å². The molecule has 0 aliphatic carbocycles. The van der Waals surface area contributed by atoms with E-state index in [1.165, 1.54) is 4.90 Å².